The topological polar surface area (TPSA) is 112 Å². The van der Waals surface area contributed by atoms with Gasteiger partial charge in [-0.25, -0.2) is 0 Å². The van der Waals surface area contributed by atoms with E-state index >= 15 is 0 Å². The van der Waals surface area contributed by atoms with Gasteiger partial charge in [-0.05, 0) is 18.9 Å². The number of rotatable bonds is 3. The van der Waals surface area contributed by atoms with E-state index in [0.717, 1.165) is 18.2 Å². The van der Waals surface area contributed by atoms with E-state index in [0.29, 0.717) is 0 Å². The maximum Gasteiger partial charge on any atom is 0 e. The molecule has 0 spiro atoms. The van der Waals surface area contributed by atoms with Crippen molar-refractivity contribution in [1.82, 2.24) is 0 Å². The summed E-state index contributed by atoms with van der Waals surface area (Å²) >= 11 is 0. The Kier molecular flexibility index (Phi) is 72.7. The van der Waals surface area contributed by atoms with Gasteiger partial charge in [-0.15, -0.1) is 0 Å². The Hall–Kier alpha value is -0.331. The maximum absolute atomic E-state index is 9.25. The largest absolute Gasteiger partial charge is 0.597 e. The second-order valence-electron chi connectivity index (χ2n) is 2.71. The van der Waals surface area contributed by atoms with Crippen LogP contribution in [0.4, 0.5) is 0 Å². The number of carbonyl (C=O) groups excluding carboxylic acids is 3. The van der Waals surface area contributed by atoms with Crippen molar-refractivity contribution in [2.75, 3.05) is 0 Å². The Morgan fingerprint density at radius 2 is 0.773 bits per heavy atom. The monoisotopic (exact) mass is 488 g/mol. The predicted octanol–water partition coefficient (Wildman–Crippen LogP) is 1.66. The number of aliphatic hydroxyl groups is 3. The van der Waals surface area contributed by atoms with E-state index in [9.17, 15) is 14.4 Å². The standard InChI is InChI=1S/3C4H5O2.3Co.Fe/c3*1-4(6)2-3-5;;;;/h3*2,6H,1H3;;;;/q3*-1;;;;/b3*4-2-;;;;. The molecule has 10 heteroatoms. The number of hydrogen-bond acceptors (Lipinski definition) is 6. The minimum atomic E-state index is -0.00926. The van der Waals surface area contributed by atoms with Crippen molar-refractivity contribution >= 4 is 18.9 Å². The summed E-state index contributed by atoms with van der Waals surface area (Å²) in [4.78, 5) is 27.8. The Balaban J connectivity index is -0.0000000281. The summed E-state index contributed by atoms with van der Waals surface area (Å²) in [6, 6.07) is 0. The Bertz CT molecular complexity index is 279. The fraction of sp³-hybridized carbons (Fsp3) is 0.250. The van der Waals surface area contributed by atoms with Gasteiger partial charge in [-0.2, -0.15) is 18.2 Å². The van der Waals surface area contributed by atoms with Gasteiger partial charge < -0.3 is 29.7 Å². The van der Waals surface area contributed by atoms with Crippen LogP contribution in [-0.2, 0) is 81.8 Å². The third kappa shape index (κ3) is 91.2. The van der Waals surface area contributed by atoms with E-state index in [-0.39, 0.29) is 84.7 Å². The van der Waals surface area contributed by atoms with Gasteiger partial charge in [0, 0.05) is 67.4 Å². The summed E-state index contributed by atoms with van der Waals surface area (Å²) < 4.78 is 0. The van der Waals surface area contributed by atoms with Crippen molar-refractivity contribution in [3.63, 3.8) is 0 Å². The third-order valence-electron chi connectivity index (χ3n) is 0.803. The molecule has 0 atom stereocenters. The van der Waals surface area contributed by atoms with E-state index in [1.54, 1.807) is 0 Å². The van der Waals surface area contributed by atoms with Crippen LogP contribution in [0.2, 0.25) is 0 Å². The molecule has 6 nitrogen and oxygen atoms in total. The summed E-state index contributed by atoms with van der Waals surface area (Å²) in [6.45, 7) is 4.22. The molecule has 0 aliphatic carbocycles. The van der Waals surface area contributed by atoms with E-state index in [2.05, 4.69) is 0 Å². The van der Waals surface area contributed by atoms with Crippen LogP contribution in [-0.4, -0.2) is 34.2 Å². The second kappa shape index (κ2) is 37.2. The summed E-state index contributed by atoms with van der Waals surface area (Å²) in [7, 11) is 0. The van der Waals surface area contributed by atoms with Crippen LogP contribution in [0.15, 0.2) is 35.5 Å². The average molecular weight is 488 g/mol. The molecule has 0 fully saturated rings. The van der Waals surface area contributed by atoms with Crippen molar-refractivity contribution in [3.8, 4) is 0 Å². The molecule has 3 N–H and O–H groups in total. The quantitative estimate of drug-likeness (QED) is 0.242. The third-order valence-corrected chi connectivity index (χ3v) is 0.803. The molecule has 137 valence electrons. The van der Waals surface area contributed by atoms with E-state index in [1.807, 2.05) is 0 Å². The predicted molar refractivity (Wildman–Crippen MR) is 66.2 cm³/mol. The first-order valence-corrected chi connectivity index (χ1v) is 4.52. The first-order valence-electron chi connectivity index (χ1n) is 4.52. The summed E-state index contributed by atoms with van der Waals surface area (Å²) in [6.07, 6.45) is 7.09. The minimum Gasteiger partial charge on any atom is -0.597 e. The molecule has 0 aliphatic rings. The molecule has 0 saturated heterocycles. The molecule has 0 bridgehead atoms. The fourth-order valence-electron chi connectivity index (χ4n) is 0.256. The van der Waals surface area contributed by atoms with Gasteiger partial charge in [-0.1, -0.05) is 38.0 Å². The molecule has 0 aromatic carbocycles. The average Bonchev–Trinajstić information content (AvgIpc) is 2.18. The van der Waals surface area contributed by atoms with Crippen LogP contribution >= 0.6 is 0 Å². The number of hydrogen-bond donors (Lipinski definition) is 3. The molecule has 0 amide bonds. The van der Waals surface area contributed by atoms with E-state index < -0.39 is 0 Å². The van der Waals surface area contributed by atoms with Crippen molar-refractivity contribution in [1.29, 1.82) is 0 Å². The molecule has 0 aromatic rings. The van der Waals surface area contributed by atoms with Gasteiger partial charge >= 0.3 is 0 Å². The number of allylic oxidation sites excluding steroid dienone is 6. The summed E-state index contributed by atoms with van der Waals surface area (Å²) in [5.74, 6) is -0.0278. The van der Waals surface area contributed by atoms with Crippen LogP contribution in [0.3, 0.4) is 0 Å². The first kappa shape index (κ1) is 43.0. The molecule has 0 unspecified atom stereocenters. The smallest absolute Gasteiger partial charge is 0 e. The van der Waals surface area contributed by atoms with Crippen molar-refractivity contribution in [2.24, 2.45) is 0 Å². The van der Waals surface area contributed by atoms with Crippen molar-refractivity contribution < 1.29 is 97.1 Å². The van der Waals surface area contributed by atoms with Gasteiger partial charge in [0.05, 0.1) is 0 Å². The van der Waals surface area contributed by atoms with Crippen LogP contribution in [0.1, 0.15) is 20.8 Å². The SMILES string of the molecule is C/C(O)=C/[C-]=O.C/C(O)=C/[C-]=O.C/C(O)=C/[C-]=O.[Co].[Co].[Co].[Fe]. The van der Waals surface area contributed by atoms with Gasteiger partial charge in [0.2, 0.25) is 0 Å². The Morgan fingerprint density at radius 3 is 0.773 bits per heavy atom. The maximum atomic E-state index is 9.25. The molecule has 0 aliphatic heterocycles. The zero-order valence-electron chi connectivity index (χ0n) is 11.7. The summed E-state index contributed by atoms with van der Waals surface area (Å²) in [5, 5.41) is 24.5. The van der Waals surface area contributed by atoms with Gasteiger partial charge in [-0.3, -0.25) is 0 Å². The van der Waals surface area contributed by atoms with Gasteiger partial charge in [0.15, 0.2) is 0 Å². The molecule has 0 aromatic heterocycles. The molecule has 0 saturated carbocycles. The summed E-state index contributed by atoms with van der Waals surface area (Å²) in [5.41, 5.74) is 0. The van der Waals surface area contributed by atoms with Crippen molar-refractivity contribution in [2.45, 2.75) is 20.8 Å². The van der Waals surface area contributed by atoms with Crippen LogP contribution in [0.5, 0.6) is 0 Å². The second-order valence-corrected chi connectivity index (χ2v) is 2.71. The molecule has 0 heterocycles. The minimum absolute atomic E-state index is 0. The Labute approximate surface area is 171 Å². The molecular weight excluding hydrogens is 473 g/mol. The normalized spacial score (nSPS) is 9.14. The zero-order valence-corrected chi connectivity index (χ0v) is 15.9. The molecular formula is C12H15Co3FeO6-3. The van der Waals surface area contributed by atoms with Crippen LogP contribution < -0.4 is 0 Å². The van der Waals surface area contributed by atoms with E-state index in [1.165, 1.54) is 39.6 Å². The molecule has 3 radical (unpaired) electrons. The zero-order chi connectivity index (χ0) is 15.0. The molecule has 0 rings (SSSR count). The fourth-order valence-corrected chi connectivity index (χ4v) is 0.256. The Morgan fingerprint density at radius 1 is 0.636 bits per heavy atom. The van der Waals surface area contributed by atoms with Gasteiger partial charge in [0.25, 0.3) is 0 Å². The van der Waals surface area contributed by atoms with E-state index in [4.69, 9.17) is 15.3 Å². The molecule has 22 heavy (non-hydrogen) atoms. The van der Waals surface area contributed by atoms with Crippen LogP contribution in [0, 0.1) is 0 Å². The van der Waals surface area contributed by atoms with Gasteiger partial charge in [0.1, 0.15) is 0 Å². The van der Waals surface area contributed by atoms with Crippen LogP contribution in [0.25, 0.3) is 0 Å². The number of aliphatic hydroxyl groups excluding tert-OH is 3. The first-order chi connectivity index (χ1) is 8.31. The van der Waals surface area contributed by atoms with Crippen molar-refractivity contribution in [3.05, 3.63) is 35.5 Å².